The summed E-state index contributed by atoms with van der Waals surface area (Å²) in [6.07, 6.45) is -9.62. The number of aliphatic hydroxyl groups excluding tert-OH is 2. The van der Waals surface area contributed by atoms with Crippen molar-refractivity contribution in [2.45, 2.75) is 58.4 Å². The summed E-state index contributed by atoms with van der Waals surface area (Å²) in [5, 5.41) is 48.9. The second kappa shape index (κ2) is 23.0. The maximum Gasteiger partial charge on any atom is 0.330 e. The maximum atomic E-state index is 19.6. The van der Waals surface area contributed by atoms with Gasteiger partial charge in [-0.25, -0.2) is 18.4 Å². The van der Waals surface area contributed by atoms with Crippen molar-refractivity contribution < 1.29 is 71.2 Å². The standard InChI is InChI=1S/C60H57F2N4O17P/c1-76-43-23-15-39(16-24-43)55(37-11-7-5-8-12-37,40-17-25-44(77-2)26-18-40)59(65-33-31-49(69)63-53(65)71)51(61)57(73,47(35-67)80-59)82-84(75)83-58(74)48(36-68)81-60(52(58)62,66-34-32-50(70)64-54(66)72)56(38-13-9-6-10-14-38,41-19-27-45(78-3)28-20-41)42-21-29-46(79-4)30-22-42/h5-34,47-48,51-52,67-68,73-74,84H,35-36H2,1-4H3,(H,63,69,71)(H,64,70,72)/t47-,48-,51?,52?,57+,58+,59+,60+/m1/s1. The van der Waals surface area contributed by atoms with Gasteiger partial charge in [-0.05, 0) is 81.9 Å². The van der Waals surface area contributed by atoms with Crippen molar-refractivity contribution in [3.05, 3.63) is 257 Å². The van der Waals surface area contributed by atoms with Gasteiger partial charge in [-0.1, -0.05) is 109 Å². The molecule has 0 aliphatic carbocycles. The van der Waals surface area contributed by atoms with Gasteiger partial charge in [0, 0.05) is 24.5 Å². The van der Waals surface area contributed by atoms with Crippen LogP contribution < -0.4 is 41.4 Å². The Hall–Kier alpha value is -8.35. The molecule has 0 bridgehead atoms. The molecule has 438 valence electrons. The third-order valence-corrected chi connectivity index (χ3v) is 16.7. The molecule has 0 amide bonds. The van der Waals surface area contributed by atoms with Crippen LogP contribution in [0.2, 0.25) is 0 Å². The fourth-order valence-corrected chi connectivity index (χ4v) is 13.1. The first-order valence-corrected chi connectivity index (χ1v) is 27.2. The quantitative estimate of drug-likeness (QED) is 0.0341. The van der Waals surface area contributed by atoms with Crippen LogP contribution >= 0.6 is 8.25 Å². The molecule has 21 nitrogen and oxygen atoms in total. The highest BCUT2D eigenvalue weighted by molar-refractivity contribution is 7.33. The first-order chi connectivity index (χ1) is 40.4. The number of aromatic amines is 2. The average molecular weight is 1180 g/mol. The van der Waals surface area contributed by atoms with Gasteiger partial charge in [-0.15, -0.1) is 0 Å². The third kappa shape index (κ3) is 9.02. The smallest absolute Gasteiger partial charge is 0.330 e. The molecular formula is C60H57F2N4O17P. The Bertz CT molecular complexity index is 3550. The van der Waals surface area contributed by atoms with Crippen molar-refractivity contribution in [2.24, 2.45) is 0 Å². The molecule has 2 aliphatic rings. The number of nitrogens with zero attached hydrogens (tertiary/aromatic N) is 2. The van der Waals surface area contributed by atoms with Crippen LogP contribution in [0.25, 0.3) is 0 Å². The number of halogens is 2. The van der Waals surface area contributed by atoms with Gasteiger partial charge in [0.05, 0.1) is 52.5 Å². The first-order valence-electron chi connectivity index (χ1n) is 26.0. The van der Waals surface area contributed by atoms with E-state index in [1.807, 2.05) is 0 Å². The molecule has 24 heteroatoms. The van der Waals surface area contributed by atoms with Crippen LogP contribution in [0.3, 0.4) is 0 Å². The second-order valence-electron chi connectivity index (χ2n) is 19.8. The highest BCUT2D eigenvalue weighted by atomic mass is 31.1. The van der Waals surface area contributed by atoms with E-state index in [1.165, 1.54) is 126 Å². The number of nitrogens with one attached hydrogen (secondary N) is 2. The van der Waals surface area contributed by atoms with E-state index in [4.69, 9.17) is 37.5 Å². The largest absolute Gasteiger partial charge is 0.497 e. The lowest BCUT2D eigenvalue weighted by atomic mass is 9.60. The number of methoxy groups -OCH3 is 4. The van der Waals surface area contributed by atoms with Crippen LogP contribution in [-0.4, -0.2) is 117 Å². The van der Waals surface area contributed by atoms with Gasteiger partial charge in [-0.3, -0.25) is 42.3 Å². The van der Waals surface area contributed by atoms with Crippen LogP contribution in [0, 0.1) is 0 Å². The van der Waals surface area contributed by atoms with Crippen molar-refractivity contribution in [1.29, 1.82) is 0 Å². The van der Waals surface area contributed by atoms with E-state index in [0.717, 1.165) is 24.5 Å². The summed E-state index contributed by atoms with van der Waals surface area (Å²) in [7, 11) is 0.627. The predicted molar refractivity (Wildman–Crippen MR) is 298 cm³/mol. The molecule has 2 unspecified atom stereocenters. The summed E-state index contributed by atoms with van der Waals surface area (Å²) in [4.78, 5) is 59.2. The minimum Gasteiger partial charge on any atom is -0.497 e. The Morgan fingerprint density at radius 2 is 0.750 bits per heavy atom. The normalized spacial score (nSPS) is 24.5. The molecule has 0 radical (unpaired) electrons. The van der Waals surface area contributed by atoms with E-state index in [2.05, 4.69) is 9.97 Å². The number of hydrogen-bond acceptors (Lipinski definition) is 17. The average Bonchev–Trinajstić information content (AvgIpc) is 1.60. The summed E-state index contributed by atoms with van der Waals surface area (Å²) in [5.74, 6) is -6.29. The lowest BCUT2D eigenvalue weighted by Gasteiger charge is -2.51. The number of hydrogen-bond donors (Lipinski definition) is 6. The van der Waals surface area contributed by atoms with E-state index in [9.17, 15) is 39.6 Å². The molecule has 2 saturated heterocycles. The van der Waals surface area contributed by atoms with Gasteiger partial charge in [0.15, 0.2) is 0 Å². The van der Waals surface area contributed by atoms with Gasteiger partial charge >= 0.3 is 19.6 Å². The molecule has 2 aromatic heterocycles. The number of ether oxygens (including phenoxy) is 6. The summed E-state index contributed by atoms with van der Waals surface area (Å²) in [6.45, 7) is -2.77. The predicted octanol–water partition coefficient (Wildman–Crippen LogP) is 4.75. The van der Waals surface area contributed by atoms with Gasteiger partial charge in [0.2, 0.25) is 35.4 Å². The molecule has 6 N–H and O–H groups in total. The molecule has 2 aliphatic heterocycles. The van der Waals surface area contributed by atoms with Gasteiger partial charge in [0.25, 0.3) is 11.1 Å². The highest BCUT2D eigenvalue weighted by Crippen LogP contribution is 2.64. The fraction of sp³-hybridized carbons (Fsp3) is 0.267. The van der Waals surface area contributed by atoms with Crippen LogP contribution in [0.1, 0.15) is 33.4 Å². The Morgan fingerprint density at radius 1 is 0.476 bits per heavy atom. The molecule has 0 saturated carbocycles. The zero-order valence-corrected chi connectivity index (χ0v) is 46.3. The zero-order valence-electron chi connectivity index (χ0n) is 45.3. The zero-order chi connectivity index (χ0) is 59.8. The number of alkyl halides is 2. The highest BCUT2D eigenvalue weighted by Gasteiger charge is 2.78. The molecule has 6 aromatic carbocycles. The Labute approximate surface area is 477 Å². The lowest BCUT2D eigenvalue weighted by molar-refractivity contribution is -0.232. The molecule has 4 heterocycles. The third-order valence-electron chi connectivity index (χ3n) is 15.7. The van der Waals surface area contributed by atoms with Crippen LogP contribution in [0.4, 0.5) is 8.78 Å². The number of aromatic nitrogens is 4. The monoisotopic (exact) mass is 1170 g/mol. The van der Waals surface area contributed by atoms with Crippen LogP contribution in [-0.2, 0) is 45.4 Å². The molecule has 84 heavy (non-hydrogen) atoms. The van der Waals surface area contributed by atoms with Crippen LogP contribution in [0.5, 0.6) is 23.0 Å². The number of H-pyrrole nitrogens is 2. The fourth-order valence-electron chi connectivity index (χ4n) is 12.1. The number of rotatable bonds is 20. The first kappa shape index (κ1) is 58.8. The van der Waals surface area contributed by atoms with Crippen molar-refractivity contribution in [2.75, 3.05) is 41.7 Å². The minimum absolute atomic E-state index is 0.123. The van der Waals surface area contributed by atoms with E-state index >= 15 is 13.3 Å². The van der Waals surface area contributed by atoms with Crippen molar-refractivity contribution in [1.82, 2.24) is 19.1 Å². The summed E-state index contributed by atoms with van der Waals surface area (Å²) in [6, 6.07) is 41.9. The van der Waals surface area contributed by atoms with Gasteiger partial charge in [0.1, 0.15) is 35.2 Å². The molecule has 8 atom stereocenters. The van der Waals surface area contributed by atoms with Crippen molar-refractivity contribution in [3.63, 3.8) is 0 Å². The topological polar surface area (TPSA) is 282 Å². The number of aliphatic hydroxyl groups is 4. The van der Waals surface area contributed by atoms with E-state index in [1.54, 1.807) is 60.7 Å². The Kier molecular flexibility index (Phi) is 16.1. The number of benzene rings is 6. The van der Waals surface area contributed by atoms with E-state index in [-0.39, 0.29) is 33.4 Å². The molecule has 0 spiro atoms. The van der Waals surface area contributed by atoms with E-state index in [0.29, 0.717) is 32.1 Å². The van der Waals surface area contributed by atoms with E-state index < -0.39 is 102 Å². The molecular weight excluding hydrogens is 1120 g/mol. The second-order valence-corrected chi connectivity index (χ2v) is 20.7. The lowest BCUT2D eigenvalue weighted by Crippen LogP contribution is -2.65. The maximum absolute atomic E-state index is 19.6. The SMILES string of the molecule is COc1ccc(C(c2ccccc2)(c2ccc(OC)cc2)[C@@]2(n3ccc(=O)[nH]c3=O)O[C@H](CO)[C@](O)(O[PH](=O)O[C@]3(O)C(F)[C@@](n4ccc(=O)[nH]c4=O)(C(c4ccccc4)(c4ccc(OC)cc4)c4ccc(OC)cc4)O[C@@H]3CO)C2F)cc1. The summed E-state index contributed by atoms with van der Waals surface area (Å²) >= 11 is 0. The minimum atomic E-state index is -4.99. The van der Waals surface area contributed by atoms with Gasteiger partial charge < -0.3 is 48.8 Å². The molecule has 8 aromatic rings. The van der Waals surface area contributed by atoms with Crippen molar-refractivity contribution >= 4 is 8.25 Å². The Balaban J connectivity index is 1.19. The summed E-state index contributed by atoms with van der Waals surface area (Å²) in [5.41, 5.74) is -14.5. The van der Waals surface area contributed by atoms with Crippen LogP contribution in [0.15, 0.2) is 201 Å². The summed E-state index contributed by atoms with van der Waals surface area (Å²) < 4.78 is 103. The van der Waals surface area contributed by atoms with Gasteiger partial charge in [-0.2, -0.15) is 0 Å². The Morgan fingerprint density at radius 3 is 1.00 bits per heavy atom. The molecule has 2 fully saturated rings. The van der Waals surface area contributed by atoms with Crippen molar-refractivity contribution in [3.8, 4) is 23.0 Å². The molecule has 10 rings (SSSR count).